The molecule has 2 atom stereocenters. The summed E-state index contributed by atoms with van der Waals surface area (Å²) in [7, 11) is 0. The smallest absolute Gasteiger partial charge is 0.303 e. The van der Waals surface area contributed by atoms with Crippen LogP contribution in [0.4, 0.5) is 0 Å². The fourth-order valence-electron chi connectivity index (χ4n) is 1.84. The molecule has 0 aromatic heterocycles. The monoisotopic (exact) mass is 214 g/mol. The van der Waals surface area contributed by atoms with Gasteiger partial charge in [-0.1, -0.05) is 47.0 Å². The van der Waals surface area contributed by atoms with Crippen LogP contribution in [0.2, 0.25) is 0 Å². The zero-order valence-corrected chi connectivity index (χ0v) is 10.6. The predicted molar refractivity (Wildman–Crippen MR) is 63.9 cm³/mol. The molecule has 90 valence electrons. The van der Waals surface area contributed by atoms with Crippen molar-refractivity contribution in [2.24, 2.45) is 17.8 Å². The summed E-state index contributed by atoms with van der Waals surface area (Å²) in [6, 6.07) is 0. The second-order valence-electron chi connectivity index (χ2n) is 5.07. The Morgan fingerprint density at radius 1 is 1.07 bits per heavy atom. The molecule has 0 heterocycles. The minimum absolute atomic E-state index is 0.327. The Bertz CT molecular complexity index is 175. The maximum atomic E-state index is 10.3. The fraction of sp³-hybridized carbons (Fsp3) is 0.923. The fourth-order valence-corrected chi connectivity index (χ4v) is 1.84. The first-order valence-corrected chi connectivity index (χ1v) is 6.17. The Kier molecular flexibility index (Phi) is 7.45. The number of hydrogen-bond donors (Lipinski definition) is 1. The quantitative estimate of drug-likeness (QED) is 0.621. The standard InChI is InChI=1S/C13H26O2/c1-10(2)12(4)11(3)8-6-5-7-9-13(14)15/h10-12H,5-9H2,1-4H3,(H,14,15). The van der Waals surface area contributed by atoms with Gasteiger partial charge in [0.1, 0.15) is 0 Å². The lowest BCUT2D eigenvalue weighted by Crippen LogP contribution is -2.14. The van der Waals surface area contributed by atoms with Crippen molar-refractivity contribution in [2.45, 2.75) is 59.8 Å². The molecule has 0 fully saturated rings. The van der Waals surface area contributed by atoms with Crippen LogP contribution in [-0.2, 0) is 4.79 Å². The number of aliphatic carboxylic acids is 1. The van der Waals surface area contributed by atoms with Crippen molar-refractivity contribution in [3.05, 3.63) is 0 Å². The maximum Gasteiger partial charge on any atom is 0.303 e. The van der Waals surface area contributed by atoms with E-state index < -0.39 is 5.97 Å². The van der Waals surface area contributed by atoms with Crippen LogP contribution in [0.25, 0.3) is 0 Å². The minimum Gasteiger partial charge on any atom is -0.481 e. The number of carboxylic acid groups (broad SMARTS) is 1. The summed E-state index contributed by atoms with van der Waals surface area (Å²) in [4.78, 5) is 10.3. The van der Waals surface area contributed by atoms with Crippen LogP contribution in [0, 0.1) is 17.8 Å². The molecule has 0 aliphatic carbocycles. The molecular weight excluding hydrogens is 188 g/mol. The lowest BCUT2D eigenvalue weighted by atomic mass is 9.83. The Balaban J connectivity index is 3.46. The van der Waals surface area contributed by atoms with E-state index in [4.69, 9.17) is 5.11 Å². The van der Waals surface area contributed by atoms with E-state index in [9.17, 15) is 4.79 Å². The van der Waals surface area contributed by atoms with Gasteiger partial charge in [-0.2, -0.15) is 0 Å². The highest BCUT2D eigenvalue weighted by molar-refractivity contribution is 5.66. The van der Waals surface area contributed by atoms with Crippen LogP contribution in [-0.4, -0.2) is 11.1 Å². The molecule has 0 bridgehead atoms. The van der Waals surface area contributed by atoms with Crippen molar-refractivity contribution in [2.75, 3.05) is 0 Å². The van der Waals surface area contributed by atoms with Gasteiger partial charge in [-0.15, -0.1) is 0 Å². The molecule has 0 aliphatic rings. The first-order valence-electron chi connectivity index (χ1n) is 6.17. The van der Waals surface area contributed by atoms with Crippen molar-refractivity contribution in [1.29, 1.82) is 0 Å². The molecule has 0 rings (SSSR count). The van der Waals surface area contributed by atoms with Crippen molar-refractivity contribution in [3.8, 4) is 0 Å². The molecule has 0 amide bonds. The van der Waals surface area contributed by atoms with Crippen LogP contribution < -0.4 is 0 Å². The van der Waals surface area contributed by atoms with Crippen LogP contribution in [0.3, 0.4) is 0 Å². The number of carboxylic acids is 1. The lowest BCUT2D eigenvalue weighted by molar-refractivity contribution is -0.137. The van der Waals surface area contributed by atoms with Crippen LogP contribution in [0.5, 0.6) is 0 Å². The summed E-state index contributed by atoms with van der Waals surface area (Å²) in [5.74, 6) is 1.61. The van der Waals surface area contributed by atoms with Gasteiger partial charge in [-0.3, -0.25) is 4.79 Å². The first-order chi connectivity index (χ1) is 6.95. The molecule has 0 saturated heterocycles. The van der Waals surface area contributed by atoms with Crippen molar-refractivity contribution < 1.29 is 9.90 Å². The molecular formula is C13H26O2. The topological polar surface area (TPSA) is 37.3 Å². The molecule has 0 saturated carbocycles. The summed E-state index contributed by atoms with van der Waals surface area (Å²) < 4.78 is 0. The van der Waals surface area contributed by atoms with Crippen molar-refractivity contribution >= 4 is 5.97 Å². The molecule has 2 unspecified atom stereocenters. The number of unbranched alkanes of at least 4 members (excludes halogenated alkanes) is 2. The van der Waals surface area contributed by atoms with E-state index in [1.54, 1.807) is 0 Å². The van der Waals surface area contributed by atoms with Crippen molar-refractivity contribution in [1.82, 2.24) is 0 Å². The van der Waals surface area contributed by atoms with Gasteiger partial charge in [0.2, 0.25) is 0 Å². The predicted octanol–water partition coefficient (Wildman–Crippen LogP) is 3.95. The molecule has 2 nitrogen and oxygen atoms in total. The third-order valence-corrected chi connectivity index (χ3v) is 3.50. The Labute approximate surface area is 94.1 Å². The van der Waals surface area contributed by atoms with E-state index in [1.165, 1.54) is 12.8 Å². The molecule has 0 aliphatic heterocycles. The van der Waals surface area contributed by atoms with Gasteiger partial charge < -0.3 is 5.11 Å². The molecule has 0 aromatic carbocycles. The highest BCUT2D eigenvalue weighted by Gasteiger charge is 2.14. The summed E-state index contributed by atoms with van der Waals surface area (Å²) in [5, 5.41) is 8.48. The van der Waals surface area contributed by atoms with Crippen molar-refractivity contribution in [3.63, 3.8) is 0 Å². The summed E-state index contributed by atoms with van der Waals surface area (Å²) in [6.07, 6.45) is 4.62. The third kappa shape index (κ3) is 7.40. The maximum absolute atomic E-state index is 10.3. The van der Waals surface area contributed by atoms with Crippen LogP contribution >= 0.6 is 0 Å². The Morgan fingerprint density at radius 3 is 2.13 bits per heavy atom. The summed E-state index contributed by atoms with van der Waals surface area (Å²) in [6.45, 7) is 9.16. The molecule has 1 N–H and O–H groups in total. The van der Waals surface area contributed by atoms with Gasteiger partial charge in [-0.05, 0) is 24.2 Å². The van der Waals surface area contributed by atoms with E-state index in [0.29, 0.717) is 6.42 Å². The lowest BCUT2D eigenvalue weighted by Gasteiger charge is -2.23. The van der Waals surface area contributed by atoms with Crippen LogP contribution in [0.15, 0.2) is 0 Å². The average molecular weight is 214 g/mol. The summed E-state index contributed by atoms with van der Waals surface area (Å²) >= 11 is 0. The van der Waals surface area contributed by atoms with Gasteiger partial charge in [0.15, 0.2) is 0 Å². The largest absolute Gasteiger partial charge is 0.481 e. The van der Waals surface area contributed by atoms with Gasteiger partial charge in [0.05, 0.1) is 0 Å². The molecule has 0 spiro atoms. The number of hydrogen-bond acceptors (Lipinski definition) is 1. The molecule has 0 aromatic rings. The third-order valence-electron chi connectivity index (χ3n) is 3.50. The second-order valence-corrected chi connectivity index (χ2v) is 5.07. The average Bonchev–Trinajstić information content (AvgIpc) is 2.15. The SMILES string of the molecule is CC(C)C(C)C(C)CCCCCC(=O)O. The van der Waals surface area contributed by atoms with Crippen LogP contribution in [0.1, 0.15) is 59.8 Å². The van der Waals surface area contributed by atoms with E-state index in [0.717, 1.165) is 30.6 Å². The van der Waals surface area contributed by atoms with E-state index >= 15 is 0 Å². The van der Waals surface area contributed by atoms with Gasteiger partial charge in [0, 0.05) is 6.42 Å². The summed E-state index contributed by atoms with van der Waals surface area (Å²) in [5.41, 5.74) is 0. The molecule has 2 heteroatoms. The highest BCUT2D eigenvalue weighted by Crippen LogP contribution is 2.24. The zero-order chi connectivity index (χ0) is 11.8. The second kappa shape index (κ2) is 7.72. The van der Waals surface area contributed by atoms with E-state index in [-0.39, 0.29) is 0 Å². The van der Waals surface area contributed by atoms with Gasteiger partial charge in [-0.25, -0.2) is 0 Å². The van der Waals surface area contributed by atoms with Gasteiger partial charge >= 0.3 is 5.97 Å². The Morgan fingerprint density at radius 2 is 1.67 bits per heavy atom. The highest BCUT2D eigenvalue weighted by atomic mass is 16.4. The first kappa shape index (κ1) is 14.5. The van der Waals surface area contributed by atoms with Gasteiger partial charge in [0.25, 0.3) is 0 Å². The number of carbonyl (C=O) groups is 1. The molecule has 0 radical (unpaired) electrons. The zero-order valence-electron chi connectivity index (χ0n) is 10.6. The molecule has 15 heavy (non-hydrogen) atoms. The Hall–Kier alpha value is -0.530. The minimum atomic E-state index is -0.668. The van der Waals surface area contributed by atoms with E-state index in [2.05, 4.69) is 27.7 Å². The number of rotatable bonds is 8. The van der Waals surface area contributed by atoms with E-state index in [1.807, 2.05) is 0 Å². The normalized spacial score (nSPS) is 15.3.